The summed E-state index contributed by atoms with van der Waals surface area (Å²) in [6, 6.07) is 12.8. The fourth-order valence-electron chi connectivity index (χ4n) is 3.94. The average Bonchev–Trinajstić information content (AvgIpc) is 3.68. The van der Waals surface area contributed by atoms with Crippen molar-refractivity contribution in [2.75, 3.05) is 5.75 Å². The molecule has 1 aromatic carbocycles. The fraction of sp³-hybridized carbons (Fsp3) is 0.125. The van der Waals surface area contributed by atoms with Crippen molar-refractivity contribution >= 4 is 34.4 Å². The van der Waals surface area contributed by atoms with Crippen LogP contribution in [-0.4, -0.2) is 42.1 Å². The third kappa shape index (κ3) is 3.99. The van der Waals surface area contributed by atoms with E-state index in [1.54, 1.807) is 47.7 Å². The number of carbonyl (C=O) groups excluding carboxylic acids is 1. The maximum absolute atomic E-state index is 13.3. The highest BCUT2D eigenvalue weighted by molar-refractivity contribution is 8.00. The van der Waals surface area contributed by atoms with E-state index in [0.29, 0.717) is 45.4 Å². The first-order valence-corrected chi connectivity index (χ1v) is 11.7. The van der Waals surface area contributed by atoms with Crippen molar-refractivity contribution < 1.29 is 18.0 Å². The molecule has 0 N–H and O–H groups in total. The first kappa shape index (κ1) is 21.3. The molecule has 0 saturated heterocycles. The highest BCUT2D eigenvalue weighted by Gasteiger charge is 2.35. The lowest BCUT2D eigenvalue weighted by Gasteiger charge is -2.19. The Morgan fingerprint density at radius 1 is 1.09 bits per heavy atom. The van der Waals surface area contributed by atoms with Crippen LogP contribution in [0.4, 0.5) is 4.39 Å². The van der Waals surface area contributed by atoms with Crippen LogP contribution in [0.15, 0.2) is 92.5 Å². The number of carbonyl (C=O) groups is 1. The fourth-order valence-corrected chi connectivity index (χ4v) is 4.75. The van der Waals surface area contributed by atoms with Gasteiger partial charge in [0.25, 0.3) is 5.91 Å². The minimum atomic E-state index is -0.357. The largest absolute Gasteiger partial charge is 0.467 e. The molecule has 4 aromatic heterocycles. The lowest BCUT2D eigenvalue weighted by Crippen LogP contribution is -2.28. The maximum atomic E-state index is 13.3. The Labute approximate surface area is 202 Å². The number of halogens is 1. The van der Waals surface area contributed by atoms with E-state index in [0.717, 1.165) is 0 Å². The number of nitrogens with zero attached hydrogens (tertiary/aromatic N) is 6. The molecular formula is C24H17FN6O3S. The van der Waals surface area contributed by atoms with E-state index in [1.807, 2.05) is 12.1 Å². The van der Waals surface area contributed by atoms with Gasteiger partial charge in [-0.05, 0) is 48.5 Å². The van der Waals surface area contributed by atoms with E-state index in [2.05, 4.69) is 20.2 Å². The average molecular weight is 489 g/mol. The summed E-state index contributed by atoms with van der Waals surface area (Å²) in [6.45, 7) is 0. The maximum Gasteiger partial charge on any atom is 0.253 e. The summed E-state index contributed by atoms with van der Waals surface area (Å²) < 4.78 is 26.0. The standard InChI is InChI=1S/C24H17FN6O3S/c25-15-5-7-16(8-6-15)30-23-17(12-28-30)24(27-14-26-23)35-13-22(32)31-19(21-4-2-10-34-21)11-18(29-31)20-3-1-9-33-20/h1-10,12,14,19H,11,13H2. The van der Waals surface area contributed by atoms with Gasteiger partial charge < -0.3 is 8.83 Å². The molecule has 1 unspecified atom stereocenters. The van der Waals surface area contributed by atoms with Crippen molar-refractivity contribution in [3.63, 3.8) is 0 Å². The molecule has 35 heavy (non-hydrogen) atoms. The molecule has 5 aromatic rings. The van der Waals surface area contributed by atoms with Crippen LogP contribution in [0.2, 0.25) is 0 Å². The number of benzene rings is 1. The summed E-state index contributed by atoms with van der Waals surface area (Å²) in [5.74, 6) is 0.840. The number of hydrazone groups is 1. The lowest BCUT2D eigenvalue weighted by atomic mass is 10.1. The Balaban J connectivity index is 1.24. The van der Waals surface area contributed by atoms with E-state index >= 15 is 0 Å². The van der Waals surface area contributed by atoms with Gasteiger partial charge in [-0.1, -0.05) is 11.8 Å². The third-order valence-electron chi connectivity index (χ3n) is 5.58. The van der Waals surface area contributed by atoms with Crippen molar-refractivity contribution in [3.8, 4) is 5.69 Å². The van der Waals surface area contributed by atoms with Crippen molar-refractivity contribution in [2.45, 2.75) is 17.5 Å². The molecule has 1 aliphatic rings. The number of furan rings is 2. The highest BCUT2D eigenvalue weighted by atomic mass is 32.2. The highest BCUT2D eigenvalue weighted by Crippen LogP contribution is 2.34. The summed E-state index contributed by atoms with van der Waals surface area (Å²) in [5.41, 5.74) is 1.92. The van der Waals surface area contributed by atoms with Crippen LogP contribution < -0.4 is 0 Å². The van der Waals surface area contributed by atoms with Crippen LogP contribution in [0.3, 0.4) is 0 Å². The molecule has 5 heterocycles. The minimum Gasteiger partial charge on any atom is -0.467 e. The molecule has 174 valence electrons. The van der Waals surface area contributed by atoms with Crippen molar-refractivity contribution in [1.82, 2.24) is 24.8 Å². The van der Waals surface area contributed by atoms with Crippen LogP contribution >= 0.6 is 11.8 Å². The van der Waals surface area contributed by atoms with Gasteiger partial charge >= 0.3 is 0 Å². The number of amides is 1. The van der Waals surface area contributed by atoms with Gasteiger partial charge in [0.05, 0.1) is 35.5 Å². The molecule has 0 radical (unpaired) electrons. The van der Waals surface area contributed by atoms with Crippen molar-refractivity contribution in [2.24, 2.45) is 5.10 Å². The second-order valence-electron chi connectivity index (χ2n) is 7.74. The van der Waals surface area contributed by atoms with Gasteiger partial charge in [-0.15, -0.1) is 0 Å². The Morgan fingerprint density at radius 2 is 1.91 bits per heavy atom. The zero-order chi connectivity index (χ0) is 23.8. The SMILES string of the molecule is O=C(CSc1ncnc2c1cnn2-c1ccc(F)cc1)N1N=C(c2ccco2)CC1c1ccco1. The summed E-state index contributed by atoms with van der Waals surface area (Å²) in [7, 11) is 0. The molecular weight excluding hydrogens is 471 g/mol. The van der Waals surface area contributed by atoms with Crippen LogP contribution in [0.25, 0.3) is 16.7 Å². The molecule has 0 bridgehead atoms. The van der Waals surface area contributed by atoms with Gasteiger partial charge in [0.1, 0.15) is 40.4 Å². The molecule has 0 fully saturated rings. The molecule has 0 spiro atoms. The molecule has 11 heteroatoms. The van der Waals surface area contributed by atoms with Gasteiger partial charge in [-0.3, -0.25) is 4.79 Å². The smallest absolute Gasteiger partial charge is 0.253 e. The predicted octanol–water partition coefficient (Wildman–Crippen LogP) is 4.61. The van der Waals surface area contributed by atoms with Crippen LogP contribution in [0.1, 0.15) is 24.0 Å². The van der Waals surface area contributed by atoms with E-state index < -0.39 is 0 Å². The van der Waals surface area contributed by atoms with E-state index in [4.69, 9.17) is 8.83 Å². The second-order valence-corrected chi connectivity index (χ2v) is 8.70. The summed E-state index contributed by atoms with van der Waals surface area (Å²) in [6.07, 6.45) is 6.70. The Morgan fingerprint density at radius 3 is 2.69 bits per heavy atom. The van der Waals surface area contributed by atoms with E-state index in [-0.39, 0.29) is 23.5 Å². The number of thioether (sulfide) groups is 1. The molecule has 6 rings (SSSR count). The first-order valence-electron chi connectivity index (χ1n) is 10.7. The van der Waals surface area contributed by atoms with Crippen LogP contribution in [0, 0.1) is 5.82 Å². The van der Waals surface area contributed by atoms with Gasteiger partial charge in [0.2, 0.25) is 0 Å². The molecule has 1 amide bonds. The van der Waals surface area contributed by atoms with Gasteiger partial charge in [0, 0.05) is 6.42 Å². The van der Waals surface area contributed by atoms with E-state index in [9.17, 15) is 9.18 Å². The Bertz CT molecular complexity index is 1510. The Kier molecular flexibility index (Phi) is 5.38. The Hall–Kier alpha value is -4.25. The summed E-state index contributed by atoms with van der Waals surface area (Å²) >= 11 is 1.27. The number of rotatable bonds is 6. The number of hydrogen-bond donors (Lipinski definition) is 0. The summed E-state index contributed by atoms with van der Waals surface area (Å²) in [5, 5.41) is 11.7. The van der Waals surface area contributed by atoms with Crippen LogP contribution in [-0.2, 0) is 4.79 Å². The zero-order valence-corrected chi connectivity index (χ0v) is 18.9. The minimum absolute atomic E-state index is 0.0972. The van der Waals surface area contributed by atoms with Gasteiger partial charge in [-0.25, -0.2) is 24.0 Å². The third-order valence-corrected chi connectivity index (χ3v) is 6.57. The van der Waals surface area contributed by atoms with Gasteiger partial charge in [-0.2, -0.15) is 10.2 Å². The predicted molar refractivity (Wildman–Crippen MR) is 125 cm³/mol. The number of fused-ring (bicyclic) bond motifs is 1. The lowest BCUT2D eigenvalue weighted by molar-refractivity contribution is -0.130. The normalized spacial score (nSPS) is 15.6. The zero-order valence-electron chi connectivity index (χ0n) is 18.1. The monoisotopic (exact) mass is 488 g/mol. The first-order chi connectivity index (χ1) is 17.2. The topological polar surface area (TPSA) is 103 Å². The molecule has 0 aliphatic carbocycles. The molecule has 1 aliphatic heterocycles. The van der Waals surface area contributed by atoms with Crippen molar-refractivity contribution in [1.29, 1.82) is 0 Å². The summed E-state index contributed by atoms with van der Waals surface area (Å²) in [4.78, 5) is 21.9. The van der Waals surface area contributed by atoms with Crippen LogP contribution in [0.5, 0.6) is 0 Å². The van der Waals surface area contributed by atoms with Crippen molar-refractivity contribution in [3.05, 3.63) is 90.9 Å². The second kappa shape index (κ2) is 8.84. The van der Waals surface area contributed by atoms with Gasteiger partial charge in [0.15, 0.2) is 5.65 Å². The number of hydrogen-bond acceptors (Lipinski definition) is 8. The van der Waals surface area contributed by atoms with E-state index in [1.165, 1.54) is 35.2 Å². The molecule has 9 nitrogen and oxygen atoms in total. The quantitative estimate of drug-likeness (QED) is 0.254. The number of aromatic nitrogens is 4. The molecule has 1 atom stereocenters. The molecule has 0 saturated carbocycles.